The van der Waals surface area contributed by atoms with Gasteiger partial charge in [-0.2, -0.15) is 0 Å². The number of hydrogen-bond donors (Lipinski definition) is 1. The van der Waals surface area contributed by atoms with Gasteiger partial charge in [0.25, 0.3) is 0 Å². The first kappa shape index (κ1) is 16.7. The predicted molar refractivity (Wildman–Crippen MR) is 81.4 cm³/mol. The van der Waals surface area contributed by atoms with Crippen molar-refractivity contribution in [3.63, 3.8) is 0 Å². The molecule has 1 aromatic rings. The van der Waals surface area contributed by atoms with Gasteiger partial charge in [0.05, 0.1) is 0 Å². The Kier molecular flexibility index (Phi) is 5.74. The molecule has 20 heavy (non-hydrogen) atoms. The summed E-state index contributed by atoms with van der Waals surface area (Å²) in [5, 5.41) is 9.80. The molecule has 0 aliphatic rings. The van der Waals surface area contributed by atoms with Crippen LogP contribution >= 0.6 is 15.9 Å². The minimum absolute atomic E-state index is 0.226. The molecule has 0 fully saturated rings. The molecule has 0 aliphatic carbocycles. The molecule has 0 saturated heterocycles. The van der Waals surface area contributed by atoms with E-state index >= 15 is 0 Å². The number of benzene rings is 1. The van der Waals surface area contributed by atoms with Gasteiger partial charge in [0.15, 0.2) is 5.54 Å². The lowest BCUT2D eigenvalue weighted by Crippen LogP contribution is -2.54. The van der Waals surface area contributed by atoms with Crippen LogP contribution < -0.4 is 0 Å². The maximum absolute atomic E-state index is 12.0. The summed E-state index contributed by atoms with van der Waals surface area (Å²) in [5.74, 6) is -1.22. The highest BCUT2D eigenvalue weighted by Crippen LogP contribution is 2.34. The van der Waals surface area contributed by atoms with E-state index in [1.54, 1.807) is 25.1 Å². The number of rotatable bonds is 6. The van der Waals surface area contributed by atoms with Crippen molar-refractivity contribution >= 4 is 27.8 Å². The van der Waals surface area contributed by atoms with Crippen LogP contribution in [0.25, 0.3) is 0 Å². The van der Waals surface area contributed by atoms with Crippen LogP contribution in [0, 0.1) is 0 Å². The van der Waals surface area contributed by atoms with E-state index in [4.69, 9.17) is 0 Å². The Morgan fingerprint density at radius 2 is 2.00 bits per heavy atom. The molecule has 5 heteroatoms. The van der Waals surface area contributed by atoms with Crippen molar-refractivity contribution in [1.82, 2.24) is 4.90 Å². The average Bonchev–Trinajstić information content (AvgIpc) is 2.38. The van der Waals surface area contributed by atoms with Crippen molar-refractivity contribution in [2.24, 2.45) is 0 Å². The van der Waals surface area contributed by atoms with Gasteiger partial charge in [0.1, 0.15) is 0 Å². The minimum Gasteiger partial charge on any atom is -0.479 e. The highest BCUT2D eigenvalue weighted by Gasteiger charge is 2.45. The molecular weight excluding hydrogens is 322 g/mol. The van der Waals surface area contributed by atoms with Crippen molar-refractivity contribution < 1.29 is 14.7 Å². The molecule has 0 spiro atoms. The molecule has 1 atom stereocenters. The third-order valence-electron chi connectivity index (χ3n) is 3.46. The Bertz CT molecular complexity index is 504. The Balaban J connectivity index is 3.49. The van der Waals surface area contributed by atoms with Crippen LogP contribution in [0.4, 0.5) is 0 Å². The summed E-state index contributed by atoms with van der Waals surface area (Å²) < 4.78 is 0.800. The van der Waals surface area contributed by atoms with E-state index in [-0.39, 0.29) is 5.91 Å². The quantitative estimate of drug-likeness (QED) is 0.862. The van der Waals surface area contributed by atoms with Crippen LogP contribution in [0.1, 0.15) is 39.2 Å². The number of hydrogen-bond acceptors (Lipinski definition) is 2. The standard InChI is InChI=1S/C15H20BrNO3/c1-4-9-17(11(3)18)15(5-2,14(19)20)12-7-6-8-13(16)10-12/h6-8,10H,4-5,9H2,1-3H3,(H,19,20). The number of halogens is 1. The highest BCUT2D eigenvalue weighted by atomic mass is 79.9. The topological polar surface area (TPSA) is 57.6 Å². The number of aliphatic carboxylic acids is 1. The third-order valence-corrected chi connectivity index (χ3v) is 3.95. The van der Waals surface area contributed by atoms with Gasteiger partial charge in [-0.05, 0) is 30.5 Å². The molecule has 0 radical (unpaired) electrons. The lowest BCUT2D eigenvalue weighted by atomic mass is 9.85. The van der Waals surface area contributed by atoms with Gasteiger partial charge < -0.3 is 10.0 Å². The molecule has 0 bridgehead atoms. The number of carbonyl (C=O) groups is 2. The monoisotopic (exact) mass is 341 g/mol. The molecule has 1 unspecified atom stereocenters. The maximum atomic E-state index is 12.0. The molecule has 0 aliphatic heterocycles. The maximum Gasteiger partial charge on any atom is 0.334 e. The van der Waals surface area contributed by atoms with E-state index in [0.29, 0.717) is 24.9 Å². The number of amides is 1. The first-order chi connectivity index (χ1) is 9.40. The molecule has 1 amide bonds. The van der Waals surface area contributed by atoms with Gasteiger partial charge in [-0.3, -0.25) is 4.79 Å². The average molecular weight is 342 g/mol. The molecule has 0 heterocycles. The highest BCUT2D eigenvalue weighted by molar-refractivity contribution is 9.10. The van der Waals surface area contributed by atoms with Gasteiger partial charge in [0.2, 0.25) is 5.91 Å². The summed E-state index contributed by atoms with van der Waals surface area (Å²) in [6, 6.07) is 7.15. The Labute approximate surface area is 127 Å². The van der Waals surface area contributed by atoms with Crippen LogP contribution in [-0.2, 0) is 15.1 Å². The van der Waals surface area contributed by atoms with Gasteiger partial charge in [-0.1, -0.05) is 41.9 Å². The summed E-state index contributed by atoms with van der Waals surface area (Å²) in [5.41, 5.74) is -0.698. The summed E-state index contributed by atoms with van der Waals surface area (Å²) in [7, 11) is 0. The molecule has 110 valence electrons. The Hall–Kier alpha value is -1.36. The normalized spacial score (nSPS) is 13.6. The van der Waals surface area contributed by atoms with Crippen LogP contribution in [0.5, 0.6) is 0 Å². The summed E-state index contributed by atoms with van der Waals surface area (Å²) in [4.78, 5) is 25.4. The fourth-order valence-corrected chi connectivity index (χ4v) is 2.93. The van der Waals surface area contributed by atoms with Gasteiger partial charge >= 0.3 is 5.97 Å². The lowest BCUT2D eigenvalue weighted by Gasteiger charge is -2.40. The Morgan fingerprint density at radius 1 is 1.35 bits per heavy atom. The first-order valence-corrected chi connectivity index (χ1v) is 7.47. The van der Waals surface area contributed by atoms with Gasteiger partial charge in [-0.25, -0.2) is 4.79 Å². The third kappa shape index (κ3) is 3.03. The molecule has 1 N–H and O–H groups in total. The van der Waals surface area contributed by atoms with Gasteiger partial charge in [0, 0.05) is 17.9 Å². The van der Waals surface area contributed by atoms with Crippen molar-refractivity contribution in [1.29, 1.82) is 0 Å². The van der Waals surface area contributed by atoms with E-state index in [9.17, 15) is 14.7 Å². The van der Waals surface area contributed by atoms with E-state index in [1.165, 1.54) is 11.8 Å². The second kappa shape index (κ2) is 6.88. The fourth-order valence-electron chi connectivity index (χ4n) is 2.53. The van der Waals surface area contributed by atoms with E-state index in [0.717, 1.165) is 4.47 Å². The zero-order valence-electron chi connectivity index (χ0n) is 12.0. The van der Waals surface area contributed by atoms with Crippen molar-refractivity contribution in [3.8, 4) is 0 Å². The van der Waals surface area contributed by atoms with Crippen LogP contribution in [0.15, 0.2) is 28.7 Å². The Morgan fingerprint density at radius 3 is 2.40 bits per heavy atom. The van der Waals surface area contributed by atoms with Crippen molar-refractivity contribution in [2.75, 3.05) is 6.54 Å². The number of carboxylic acid groups (broad SMARTS) is 1. The lowest BCUT2D eigenvalue weighted by molar-refractivity contribution is -0.160. The largest absolute Gasteiger partial charge is 0.479 e. The van der Waals surface area contributed by atoms with Crippen molar-refractivity contribution in [3.05, 3.63) is 34.3 Å². The summed E-state index contributed by atoms with van der Waals surface area (Å²) in [6.07, 6.45) is 1.03. The number of carbonyl (C=O) groups excluding carboxylic acids is 1. The SMILES string of the molecule is CCCN(C(C)=O)C(CC)(C(=O)O)c1cccc(Br)c1. The molecule has 1 aromatic carbocycles. The molecule has 0 aromatic heterocycles. The van der Waals surface area contributed by atoms with E-state index < -0.39 is 11.5 Å². The second-order valence-electron chi connectivity index (χ2n) is 4.70. The zero-order valence-corrected chi connectivity index (χ0v) is 13.6. The summed E-state index contributed by atoms with van der Waals surface area (Å²) >= 11 is 3.36. The zero-order chi connectivity index (χ0) is 15.3. The van der Waals surface area contributed by atoms with Gasteiger partial charge in [-0.15, -0.1) is 0 Å². The second-order valence-corrected chi connectivity index (χ2v) is 5.62. The molecule has 4 nitrogen and oxygen atoms in total. The van der Waals surface area contributed by atoms with Crippen LogP contribution in [-0.4, -0.2) is 28.4 Å². The van der Waals surface area contributed by atoms with E-state index in [1.807, 2.05) is 13.0 Å². The van der Waals surface area contributed by atoms with Crippen LogP contribution in [0.3, 0.4) is 0 Å². The number of nitrogens with zero attached hydrogens (tertiary/aromatic N) is 1. The molecule has 0 saturated carbocycles. The number of carboxylic acids is 1. The first-order valence-electron chi connectivity index (χ1n) is 6.67. The minimum atomic E-state index is -1.31. The fraction of sp³-hybridized carbons (Fsp3) is 0.467. The molecular formula is C15H20BrNO3. The predicted octanol–water partition coefficient (Wildman–Crippen LogP) is 3.40. The summed E-state index contributed by atoms with van der Waals surface area (Å²) in [6.45, 7) is 5.56. The van der Waals surface area contributed by atoms with Crippen molar-refractivity contribution in [2.45, 2.75) is 39.2 Å². The smallest absolute Gasteiger partial charge is 0.334 e. The van der Waals surface area contributed by atoms with Crippen LogP contribution in [0.2, 0.25) is 0 Å². The van der Waals surface area contributed by atoms with E-state index in [2.05, 4.69) is 15.9 Å². The molecule has 1 rings (SSSR count).